The molecule has 0 radical (unpaired) electrons. The van der Waals surface area contributed by atoms with E-state index in [0.29, 0.717) is 11.3 Å². The summed E-state index contributed by atoms with van der Waals surface area (Å²) in [5.41, 5.74) is -1.10. The van der Waals surface area contributed by atoms with Gasteiger partial charge in [-0.3, -0.25) is 14.4 Å². The number of Topliss-reactive ketones (excluding diaryl/α,β-unsaturated/α-hetero) is 1. The first-order valence-electron chi connectivity index (χ1n) is 7.81. The van der Waals surface area contributed by atoms with E-state index in [1.165, 1.54) is 28.3 Å². The van der Waals surface area contributed by atoms with Crippen molar-refractivity contribution in [2.24, 2.45) is 11.8 Å². The smallest absolute Gasteiger partial charge is 0.316 e. The van der Waals surface area contributed by atoms with Crippen LogP contribution in [0.15, 0.2) is 24.3 Å². The molecular formula is C18H22O7. The molecule has 4 atom stereocenters. The summed E-state index contributed by atoms with van der Waals surface area (Å²) in [6.45, 7) is 1.40. The minimum absolute atomic E-state index is 0.334. The van der Waals surface area contributed by atoms with E-state index < -0.39 is 41.1 Å². The lowest BCUT2D eigenvalue weighted by molar-refractivity contribution is -0.170. The highest BCUT2D eigenvalue weighted by Crippen LogP contribution is 2.46. The predicted molar refractivity (Wildman–Crippen MR) is 87.0 cm³/mol. The van der Waals surface area contributed by atoms with Gasteiger partial charge in [-0.05, 0) is 24.6 Å². The average molecular weight is 350 g/mol. The molecule has 7 nitrogen and oxygen atoms in total. The highest BCUT2D eigenvalue weighted by Gasteiger charge is 2.56. The minimum atomic E-state index is -1.64. The molecule has 0 heterocycles. The third-order valence-corrected chi connectivity index (χ3v) is 4.68. The summed E-state index contributed by atoms with van der Waals surface area (Å²) in [4.78, 5) is 37.2. The van der Waals surface area contributed by atoms with Gasteiger partial charge in [0.1, 0.15) is 11.7 Å². The highest BCUT2D eigenvalue weighted by molar-refractivity contribution is 6.02. The van der Waals surface area contributed by atoms with Gasteiger partial charge in [0.15, 0.2) is 5.78 Å². The number of hydrogen-bond donors (Lipinski definition) is 1. The molecule has 0 aliphatic heterocycles. The van der Waals surface area contributed by atoms with Crippen LogP contribution < -0.4 is 4.74 Å². The SMILES string of the molecule is COC(=O)[C@@H]1C(=O)C[C@@](C)(O)[C@@H](C(=O)OC)[C@H]1c1ccc(OC)cc1. The normalized spacial score (nSPS) is 29.0. The Hall–Kier alpha value is -2.41. The van der Waals surface area contributed by atoms with Gasteiger partial charge in [-0.15, -0.1) is 0 Å². The van der Waals surface area contributed by atoms with Crippen molar-refractivity contribution >= 4 is 17.7 Å². The molecule has 136 valence electrons. The molecule has 0 bridgehead atoms. The number of aliphatic hydroxyl groups is 1. The quantitative estimate of drug-likeness (QED) is 0.641. The van der Waals surface area contributed by atoms with Crippen LogP contribution in [0.4, 0.5) is 0 Å². The van der Waals surface area contributed by atoms with E-state index in [1.807, 2.05) is 0 Å². The lowest BCUT2D eigenvalue weighted by Gasteiger charge is -2.43. The summed E-state index contributed by atoms with van der Waals surface area (Å²) in [5, 5.41) is 10.7. The number of benzene rings is 1. The molecular weight excluding hydrogens is 328 g/mol. The molecule has 1 aromatic rings. The Labute approximate surface area is 145 Å². The number of ether oxygens (including phenoxy) is 3. The second-order valence-electron chi connectivity index (χ2n) is 6.30. The van der Waals surface area contributed by atoms with Gasteiger partial charge >= 0.3 is 11.9 Å². The van der Waals surface area contributed by atoms with Gasteiger partial charge in [0.25, 0.3) is 0 Å². The molecule has 1 fully saturated rings. The van der Waals surface area contributed by atoms with Crippen LogP contribution >= 0.6 is 0 Å². The summed E-state index contributed by atoms with van der Waals surface area (Å²) < 4.78 is 14.7. The first kappa shape index (κ1) is 18.9. The van der Waals surface area contributed by atoms with Gasteiger partial charge in [0.05, 0.1) is 32.8 Å². The van der Waals surface area contributed by atoms with E-state index in [1.54, 1.807) is 24.3 Å². The Bertz CT molecular complexity index is 663. The zero-order valence-corrected chi connectivity index (χ0v) is 14.6. The number of carbonyl (C=O) groups is 3. The monoisotopic (exact) mass is 350 g/mol. The number of methoxy groups -OCH3 is 3. The molecule has 1 aromatic carbocycles. The number of rotatable bonds is 4. The minimum Gasteiger partial charge on any atom is -0.497 e. The zero-order valence-electron chi connectivity index (χ0n) is 14.6. The topological polar surface area (TPSA) is 99.1 Å². The Balaban J connectivity index is 2.61. The van der Waals surface area contributed by atoms with Crippen molar-refractivity contribution < 1.29 is 33.7 Å². The molecule has 25 heavy (non-hydrogen) atoms. The van der Waals surface area contributed by atoms with E-state index in [-0.39, 0.29) is 6.42 Å². The molecule has 1 aliphatic carbocycles. The van der Waals surface area contributed by atoms with Crippen LogP contribution in [0.25, 0.3) is 0 Å². The molecule has 0 aromatic heterocycles. The fourth-order valence-corrected chi connectivity index (χ4v) is 3.50. The first-order chi connectivity index (χ1) is 11.8. The van der Waals surface area contributed by atoms with E-state index in [9.17, 15) is 19.5 Å². The fourth-order valence-electron chi connectivity index (χ4n) is 3.50. The van der Waals surface area contributed by atoms with Crippen LogP contribution in [0.3, 0.4) is 0 Å². The largest absolute Gasteiger partial charge is 0.497 e. The molecule has 1 saturated carbocycles. The Kier molecular flexibility index (Phi) is 5.47. The number of carbonyl (C=O) groups excluding carboxylic acids is 3. The summed E-state index contributed by atoms with van der Waals surface area (Å²) in [6.07, 6.45) is -0.334. The average Bonchev–Trinajstić information content (AvgIpc) is 2.59. The molecule has 0 saturated heterocycles. The predicted octanol–water partition coefficient (Wildman–Crippen LogP) is 1.08. The number of ketones is 1. The maximum atomic E-state index is 12.5. The van der Waals surface area contributed by atoms with Crippen LogP contribution in [0.1, 0.15) is 24.8 Å². The third-order valence-electron chi connectivity index (χ3n) is 4.68. The Morgan fingerprint density at radius 1 is 1.08 bits per heavy atom. The number of hydrogen-bond acceptors (Lipinski definition) is 7. The second-order valence-corrected chi connectivity index (χ2v) is 6.30. The van der Waals surface area contributed by atoms with Crippen LogP contribution in [0.2, 0.25) is 0 Å². The molecule has 0 spiro atoms. The van der Waals surface area contributed by atoms with Gasteiger partial charge in [-0.25, -0.2) is 0 Å². The molecule has 7 heteroatoms. The maximum absolute atomic E-state index is 12.5. The Morgan fingerprint density at radius 3 is 2.12 bits per heavy atom. The van der Waals surface area contributed by atoms with Crippen molar-refractivity contribution in [3.63, 3.8) is 0 Å². The molecule has 1 N–H and O–H groups in total. The summed E-state index contributed by atoms with van der Waals surface area (Å²) in [6, 6.07) is 6.63. The second kappa shape index (κ2) is 7.23. The summed E-state index contributed by atoms with van der Waals surface area (Å²) in [7, 11) is 3.89. The molecule has 0 unspecified atom stereocenters. The van der Waals surface area contributed by atoms with E-state index >= 15 is 0 Å². The van der Waals surface area contributed by atoms with Gasteiger partial charge in [0.2, 0.25) is 0 Å². The van der Waals surface area contributed by atoms with Crippen LogP contribution in [0.5, 0.6) is 5.75 Å². The van der Waals surface area contributed by atoms with E-state index in [0.717, 1.165) is 0 Å². The highest BCUT2D eigenvalue weighted by atomic mass is 16.5. The van der Waals surface area contributed by atoms with Crippen LogP contribution in [-0.2, 0) is 23.9 Å². The van der Waals surface area contributed by atoms with E-state index in [4.69, 9.17) is 14.2 Å². The standard InChI is InChI=1S/C18H22O7/c1-18(22)9-12(19)14(16(20)24-3)13(15(18)17(21)25-4)10-5-7-11(23-2)8-6-10/h5-8,13-15,22H,9H2,1-4H3/t13-,14+,15+,18+/m0/s1. The van der Waals surface area contributed by atoms with Crippen molar-refractivity contribution in [3.05, 3.63) is 29.8 Å². The van der Waals surface area contributed by atoms with Gasteiger partial charge in [-0.1, -0.05) is 12.1 Å². The van der Waals surface area contributed by atoms with Crippen LogP contribution in [-0.4, -0.2) is 49.8 Å². The van der Waals surface area contributed by atoms with Crippen molar-refractivity contribution in [2.45, 2.75) is 24.9 Å². The van der Waals surface area contributed by atoms with Crippen molar-refractivity contribution in [1.29, 1.82) is 0 Å². The third kappa shape index (κ3) is 3.51. The van der Waals surface area contributed by atoms with E-state index in [2.05, 4.69) is 0 Å². The summed E-state index contributed by atoms with van der Waals surface area (Å²) in [5.74, 6) is -4.50. The first-order valence-corrected chi connectivity index (χ1v) is 7.81. The lowest BCUT2D eigenvalue weighted by Crippen LogP contribution is -2.55. The molecule has 1 aliphatic rings. The van der Waals surface area contributed by atoms with Crippen molar-refractivity contribution in [1.82, 2.24) is 0 Å². The van der Waals surface area contributed by atoms with Crippen molar-refractivity contribution in [3.8, 4) is 5.75 Å². The van der Waals surface area contributed by atoms with Gasteiger partial charge in [0, 0.05) is 12.3 Å². The van der Waals surface area contributed by atoms with Crippen molar-refractivity contribution in [2.75, 3.05) is 21.3 Å². The summed E-state index contributed by atoms with van der Waals surface area (Å²) >= 11 is 0. The molecule has 2 rings (SSSR count). The van der Waals surface area contributed by atoms with Gasteiger partial charge in [-0.2, -0.15) is 0 Å². The fraction of sp³-hybridized carbons (Fsp3) is 0.500. The number of esters is 2. The lowest BCUT2D eigenvalue weighted by atomic mass is 9.62. The zero-order chi connectivity index (χ0) is 18.8. The van der Waals surface area contributed by atoms with Crippen LogP contribution in [0, 0.1) is 11.8 Å². The maximum Gasteiger partial charge on any atom is 0.316 e. The van der Waals surface area contributed by atoms with Gasteiger partial charge < -0.3 is 19.3 Å². The molecule has 0 amide bonds. The Morgan fingerprint density at radius 2 is 1.64 bits per heavy atom.